The summed E-state index contributed by atoms with van der Waals surface area (Å²) < 4.78 is 7.19. The highest BCUT2D eigenvalue weighted by Crippen LogP contribution is 2.28. The fraction of sp³-hybridized carbons (Fsp3) is 0.238. The number of benzene rings is 2. The SMILES string of the molecule is CCCOc1ccc(/C=C2\CCn3c2nc2ccc([N+](=O)[O-])cc2c3=O)cc1. The highest BCUT2D eigenvalue weighted by atomic mass is 16.6. The highest BCUT2D eigenvalue weighted by molar-refractivity contribution is 5.85. The standard InChI is InChI=1S/C21H19N3O4/c1-2-11-28-17-6-3-14(4-7-17)12-15-9-10-23-20(15)22-19-8-5-16(24(26)27)13-18(19)21(23)25/h3-8,12-13H,2,9-11H2,1H3/b15-12+. The van der Waals surface area contributed by atoms with Gasteiger partial charge in [0.1, 0.15) is 11.6 Å². The van der Waals surface area contributed by atoms with Crippen molar-refractivity contribution in [3.05, 3.63) is 74.3 Å². The van der Waals surface area contributed by atoms with E-state index < -0.39 is 4.92 Å². The molecule has 0 aliphatic carbocycles. The molecule has 7 nitrogen and oxygen atoms in total. The van der Waals surface area contributed by atoms with Crippen LogP contribution in [0.5, 0.6) is 5.75 Å². The van der Waals surface area contributed by atoms with Gasteiger partial charge in [-0.05, 0) is 48.3 Å². The molecule has 142 valence electrons. The van der Waals surface area contributed by atoms with Crippen LogP contribution in [-0.2, 0) is 6.54 Å². The predicted molar refractivity (Wildman–Crippen MR) is 107 cm³/mol. The molecule has 0 unspecified atom stereocenters. The molecule has 0 spiro atoms. The highest BCUT2D eigenvalue weighted by Gasteiger charge is 2.22. The van der Waals surface area contributed by atoms with Gasteiger partial charge in [0.2, 0.25) is 0 Å². The van der Waals surface area contributed by atoms with Gasteiger partial charge >= 0.3 is 0 Å². The Kier molecular flexibility index (Phi) is 4.65. The number of nitrogens with zero attached hydrogens (tertiary/aromatic N) is 3. The van der Waals surface area contributed by atoms with E-state index in [1.54, 1.807) is 4.57 Å². The Morgan fingerprint density at radius 2 is 2.04 bits per heavy atom. The average Bonchev–Trinajstić information content (AvgIpc) is 3.10. The van der Waals surface area contributed by atoms with Crippen molar-refractivity contribution in [1.29, 1.82) is 0 Å². The Bertz CT molecular complexity index is 1150. The average molecular weight is 377 g/mol. The lowest BCUT2D eigenvalue weighted by Gasteiger charge is -2.06. The molecule has 0 fully saturated rings. The second-order valence-corrected chi connectivity index (χ2v) is 6.69. The molecule has 0 bridgehead atoms. The van der Waals surface area contributed by atoms with Crippen LogP contribution in [0.15, 0.2) is 47.3 Å². The second-order valence-electron chi connectivity index (χ2n) is 6.69. The van der Waals surface area contributed by atoms with Crippen molar-refractivity contribution >= 4 is 28.2 Å². The monoisotopic (exact) mass is 377 g/mol. The molecule has 1 aliphatic heterocycles. The van der Waals surface area contributed by atoms with Crippen LogP contribution in [0.1, 0.15) is 31.2 Å². The van der Waals surface area contributed by atoms with Gasteiger partial charge in [0, 0.05) is 18.7 Å². The van der Waals surface area contributed by atoms with E-state index in [1.165, 1.54) is 18.2 Å². The first-order valence-electron chi connectivity index (χ1n) is 9.19. The number of hydrogen-bond donors (Lipinski definition) is 0. The Labute approximate surface area is 161 Å². The maximum atomic E-state index is 12.8. The van der Waals surface area contributed by atoms with Crippen molar-refractivity contribution in [3.8, 4) is 5.75 Å². The van der Waals surface area contributed by atoms with E-state index in [9.17, 15) is 14.9 Å². The zero-order valence-corrected chi connectivity index (χ0v) is 15.4. The minimum atomic E-state index is -0.504. The molecule has 3 aromatic rings. The largest absolute Gasteiger partial charge is 0.494 e. The van der Waals surface area contributed by atoms with Crippen molar-refractivity contribution in [2.24, 2.45) is 0 Å². The normalized spacial score (nSPS) is 14.4. The van der Waals surface area contributed by atoms with Gasteiger partial charge in [-0.1, -0.05) is 19.1 Å². The fourth-order valence-corrected chi connectivity index (χ4v) is 3.34. The lowest BCUT2D eigenvalue weighted by Crippen LogP contribution is -2.20. The quantitative estimate of drug-likeness (QED) is 0.495. The van der Waals surface area contributed by atoms with Crippen LogP contribution in [0.4, 0.5) is 5.69 Å². The zero-order chi connectivity index (χ0) is 19.7. The summed E-state index contributed by atoms with van der Waals surface area (Å²) in [4.78, 5) is 27.9. The molecular weight excluding hydrogens is 358 g/mol. The van der Waals surface area contributed by atoms with Crippen LogP contribution in [0.2, 0.25) is 0 Å². The third-order valence-corrected chi connectivity index (χ3v) is 4.73. The van der Waals surface area contributed by atoms with Gasteiger partial charge in [-0.3, -0.25) is 19.5 Å². The lowest BCUT2D eigenvalue weighted by molar-refractivity contribution is -0.384. The molecule has 1 aliphatic rings. The number of hydrogen-bond acceptors (Lipinski definition) is 5. The topological polar surface area (TPSA) is 87.3 Å². The molecule has 28 heavy (non-hydrogen) atoms. The number of non-ortho nitro benzene ring substituents is 1. The van der Waals surface area contributed by atoms with Gasteiger partial charge in [0.15, 0.2) is 0 Å². The summed E-state index contributed by atoms with van der Waals surface area (Å²) in [5.74, 6) is 1.45. The molecule has 0 amide bonds. The molecule has 2 heterocycles. The minimum Gasteiger partial charge on any atom is -0.494 e. The summed E-state index contributed by atoms with van der Waals surface area (Å²) >= 11 is 0. The number of nitro benzene ring substituents is 1. The Balaban J connectivity index is 1.71. The van der Waals surface area contributed by atoms with E-state index in [4.69, 9.17) is 4.74 Å². The molecule has 0 saturated carbocycles. The predicted octanol–water partition coefficient (Wildman–Crippen LogP) is 4.04. The third-order valence-electron chi connectivity index (χ3n) is 4.73. The molecule has 0 radical (unpaired) electrons. The van der Waals surface area contributed by atoms with Gasteiger partial charge in [-0.2, -0.15) is 0 Å². The Morgan fingerprint density at radius 1 is 1.25 bits per heavy atom. The first-order valence-corrected chi connectivity index (χ1v) is 9.19. The first kappa shape index (κ1) is 17.9. The molecule has 0 saturated heterocycles. The van der Waals surface area contributed by atoms with E-state index in [2.05, 4.69) is 11.9 Å². The third kappa shape index (κ3) is 3.26. The van der Waals surface area contributed by atoms with Crippen molar-refractivity contribution in [1.82, 2.24) is 9.55 Å². The molecule has 1 aromatic heterocycles. The van der Waals surface area contributed by atoms with E-state index in [0.29, 0.717) is 30.9 Å². The van der Waals surface area contributed by atoms with Crippen LogP contribution < -0.4 is 10.3 Å². The van der Waals surface area contributed by atoms with Crippen LogP contribution in [-0.4, -0.2) is 21.1 Å². The van der Waals surface area contributed by atoms with Crippen molar-refractivity contribution in [3.63, 3.8) is 0 Å². The first-order chi connectivity index (χ1) is 13.6. The molecule has 0 atom stereocenters. The maximum Gasteiger partial charge on any atom is 0.270 e. The van der Waals surface area contributed by atoms with E-state index in [-0.39, 0.29) is 16.6 Å². The van der Waals surface area contributed by atoms with E-state index >= 15 is 0 Å². The van der Waals surface area contributed by atoms with Gasteiger partial charge in [-0.25, -0.2) is 4.98 Å². The molecule has 0 N–H and O–H groups in total. The maximum absolute atomic E-state index is 12.8. The summed E-state index contributed by atoms with van der Waals surface area (Å²) in [6.07, 6.45) is 3.67. The zero-order valence-electron chi connectivity index (χ0n) is 15.4. The molecular formula is C21H19N3O4. The molecule has 7 heteroatoms. The molecule has 4 rings (SSSR count). The van der Waals surface area contributed by atoms with E-state index in [1.807, 2.05) is 30.3 Å². The summed E-state index contributed by atoms with van der Waals surface area (Å²) in [7, 11) is 0. The van der Waals surface area contributed by atoms with Crippen LogP contribution in [0.25, 0.3) is 22.6 Å². The van der Waals surface area contributed by atoms with Gasteiger partial charge < -0.3 is 4.74 Å². The number of ether oxygens (including phenoxy) is 1. The molecule has 2 aromatic carbocycles. The summed E-state index contributed by atoms with van der Waals surface area (Å²) in [5, 5.41) is 11.3. The smallest absolute Gasteiger partial charge is 0.270 e. The van der Waals surface area contributed by atoms with Crippen molar-refractivity contribution in [2.75, 3.05) is 6.61 Å². The summed E-state index contributed by atoms with van der Waals surface area (Å²) in [5.41, 5.74) is 2.10. The number of fused-ring (bicyclic) bond motifs is 2. The number of aromatic nitrogens is 2. The fourth-order valence-electron chi connectivity index (χ4n) is 3.34. The number of rotatable bonds is 5. The second kappa shape index (κ2) is 7.26. The number of nitro groups is 1. The van der Waals surface area contributed by atoms with Crippen LogP contribution in [0.3, 0.4) is 0 Å². The van der Waals surface area contributed by atoms with Crippen molar-refractivity contribution < 1.29 is 9.66 Å². The summed E-state index contributed by atoms with van der Waals surface area (Å²) in [6.45, 7) is 3.27. The van der Waals surface area contributed by atoms with Gasteiger partial charge in [-0.15, -0.1) is 0 Å². The van der Waals surface area contributed by atoms with Crippen LogP contribution >= 0.6 is 0 Å². The minimum absolute atomic E-state index is 0.105. The summed E-state index contributed by atoms with van der Waals surface area (Å²) in [6, 6.07) is 12.0. The Hall–Kier alpha value is -3.48. The van der Waals surface area contributed by atoms with Crippen LogP contribution in [0, 0.1) is 10.1 Å². The van der Waals surface area contributed by atoms with Gasteiger partial charge in [0.25, 0.3) is 11.2 Å². The Morgan fingerprint density at radius 3 is 2.75 bits per heavy atom. The van der Waals surface area contributed by atoms with Crippen molar-refractivity contribution in [2.45, 2.75) is 26.3 Å². The van der Waals surface area contributed by atoms with Gasteiger partial charge in [0.05, 0.1) is 22.4 Å². The lowest BCUT2D eigenvalue weighted by atomic mass is 10.1. The van der Waals surface area contributed by atoms with E-state index in [0.717, 1.165) is 23.3 Å². The number of allylic oxidation sites excluding steroid dienone is 1.